The molecule has 2 aromatic heterocycles. The lowest BCUT2D eigenvalue weighted by atomic mass is 10.2. The predicted molar refractivity (Wildman–Crippen MR) is 127 cm³/mol. The highest BCUT2D eigenvalue weighted by atomic mass is 32.2. The van der Waals surface area contributed by atoms with Crippen molar-refractivity contribution in [3.05, 3.63) is 54.1 Å². The van der Waals surface area contributed by atoms with Gasteiger partial charge in [0.1, 0.15) is 11.5 Å². The number of benzene rings is 2. The summed E-state index contributed by atoms with van der Waals surface area (Å²) < 4.78 is 17.6. The number of rotatable bonds is 10. The number of amides is 1. The van der Waals surface area contributed by atoms with Crippen molar-refractivity contribution in [2.24, 2.45) is 0 Å². The Morgan fingerprint density at radius 3 is 2.35 bits per heavy atom. The van der Waals surface area contributed by atoms with E-state index < -0.39 is 0 Å². The highest BCUT2D eigenvalue weighted by Crippen LogP contribution is 2.26. The molecule has 0 saturated carbocycles. The molecule has 2 heterocycles. The molecule has 10 nitrogen and oxygen atoms in total. The minimum Gasteiger partial charge on any atom is -0.497 e. The molecule has 0 fully saturated rings. The van der Waals surface area contributed by atoms with Crippen LogP contribution in [0.5, 0.6) is 11.5 Å². The Labute approximate surface area is 200 Å². The minimum atomic E-state index is -0.104. The molecule has 0 aliphatic heterocycles. The zero-order valence-electron chi connectivity index (χ0n) is 19.0. The first-order valence-electron chi connectivity index (χ1n) is 10.6. The zero-order chi connectivity index (χ0) is 23.9. The van der Waals surface area contributed by atoms with Crippen molar-refractivity contribution in [2.45, 2.75) is 25.2 Å². The van der Waals surface area contributed by atoms with Gasteiger partial charge in [-0.3, -0.25) is 9.36 Å². The summed E-state index contributed by atoms with van der Waals surface area (Å²) in [5, 5.41) is 16.0. The second-order valence-corrected chi connectivity index (χ2v) is 8.06. The van der Waals surface area contributed by atoms with Gasteiger partial charge in [-0.2, -0.15) is 4.98 Å². The van der Waals surface area contributed by atoms with Gasteiger partial charge < -0.3 is 19.3 Å². The monoisotopic (exact) mass is 480 g/mol. The van der Waals surface area contributed by atoms with Crippen LogP contribution in [-0.2, 0) is 17.9 Å². The van der Waals surface area contributed by atoms with E-state index in [-0.39, 0.29) is 17.6 Å². The van der Waals surface area contributed by atoms with Gasteiger partial charge in [-0.05, 0) is 48.9 Å². The molecule has 0 saturated heterocycles. The van der Waals surface area contributed by atoms with Crippen LogP contribution >= 0.6 is 11.8 Å². The maximum absolute atomic E-state index is 12.3. The molecule has 2 aromatic carbocycles. The first-order chi connectivity index (χ1) is 16.6. The molecule has 0 radical (unpaired) electrons. The van der Waals surface area contributed by atoms with Crippen molar-refractivity contribution in [1.82, 2.24) is 30.2 Å². The van der Waals surface area contributed by atoms with E-state index >= 15 is 0 Å². The number of hydrogen-bond donors (Lipinski definition) is 1. The van der Waals surface area contributed by atoms with Crippen LogP contribution in [0, 0.1) is 0 Å². The molecule has 0 atom stereocenters. The van der Waals surface area contributed by atoms with Gasteiger partial charge in [0.25, 0.3) is 5.89 Å². The molecule has 0 bridgehead atoms. The van der Waals surface area contributed by atoms with Crippen molar-refractivity contribution in [3.8, 4) is 34.6 Å². The number of carbonyl (C=O) groups excluding carboxylic acids is 1. The van der Waals surface area contributed by atoms with Gasteiger partial charge in [0, 0.05) is 18.7 Å². The van der Waals surface area contributed by atoms with Crippen LogP contribution in [0.25, 0.3) is 23.1 Å². The fraction of sp³-hybridized carbons (Fsp3) is 0.261. The van der Waals surface area contributed by atoms with Crippen molar-refractivity contribution < 1.29 is 18.8 Å². The fourth-order valence-electron chi connectivity index (χ4n) is 3.14. The maximum atomic E-state index is 12.3. The largest absolute Gasteiger partial charge is 0.497 e. The molecular formula is C23H24N6O4S. The van der Waals surface area contributed by atoms with E-state index in [9.17, 15) is 4.79 Å². The molecular weight excluding hydrogens is 456 g/mol. The van der Waals surface area contributed by atoms with E-state index in [1.54, 1.807) is 14.2 Å². The Morgan fingerprint density at radius 1 is 1.03 bits per heavy atom. The Balaban J connectivity index is 1.38. The van der Waals surface area contributed by atoms with Gasteiger partial charge >= 0.3 is 0 Å². The Kier molecular flexibility index (Phi) is 7.43. The third-order valence-corrected chi connectivity index (χ3v) is 5.95. The molecule has 4 rings (SSSR count). The first kappa shape index (κ1) is 23.3. The number of hydrogen-bond acceptors (Lipinski definition) is 9. The molecule has 0 aliphatic rings. The van der Waals surface area contributed by atoms with Crippen LogP contribution in [0.2, 0.25) is 0 Å². The van der Waals surface area contributed by atoms with Crippen LogP contribution in [-0.4, -0.2) is 50.8 Å². The smallest absolute Gasteiger partial charge is 0.296 e. The standard InChI is InChI=1S/C23H24N6O4S/c1-4-29-21(22-25-20(28-33-22)16-7-11-18(32-3)12-8-16)26-27-23(29)34-14-19(30)24-13-15-5-9-17(31-2)10-6-15/h5-12H,4,13-14H2,1-3H3,(H,24,30). The quantitative estimate of drug-likeness (QED) is 0.341. The summed E-state index contributed by atoms with van der Waals surface area (Å²) in [5.41, 5.74) is 1.78. The Bertz CT molecular complexity index is 1240. The SMILES string of the molecule is CCn1c(SCC(=O)NCc2ccc(OC)cc2)nnc1-c1nc(-c2ccc(OC)cc2)no1. The molecule has 0 unspecified atom stereocenters. The average Bonchev–Trinajstić information content (AvgIpc) is 3.53. The van der Waals surface area contributed by atoms with Crippen molar-refractivity contribution in [2.75, 3.05) is 20.0 Å². The van der Waals surface area contributed by atoms with Crippen molar-refractivity contribution >= 4 is 17.7 Å². The number of nitrogens with one attached hydrogen (secondary N) is 1. The zero-order valence-corrected chi connectivity index (χ0v) is 19.8. The van der Waals surface area contributed by atoms with Crippen LogP contribution in [0.1, 0.15) is 12.5 Å². The van der Waals surface area contributed by atoms with E-state index in [4.69, 9.17) is 14.0 Å². The van der Waals surface area contributed by atoms with Gasteiger partial charge in [-0.25, -0.2) is 0 Å². The molecule has 1 N–H and O–H groups in total. The molecule has 176 valence electrons. The molecule has 11 heteroatoms. The molecule has 34 heavy (non-hydrogen) atoms. The van der Waals surface area contributed by atoms with Crippen LogP contribution in [0.4, 0.5) is 0 Å². The van der Waals surface area contributed by atoms with Crippen LogP contribution < -0.4 is 14.8 Å². The summed E-state index contributed by atoms with van der Waals surface area (Å²) in [6.07, 6.45) is 0. The van der Waals surface area contributed by atoms with E-state index in [0.29, 0.717) is 29.9 Å². The van der Waals surface area contributed by atoms with E-state index in [2.05, 4.69) is 25.7 Å². The Hall–Kier alpha value is -3.86. The first-order valence-corrected chi connectivity index (χ1v) is 11.5. The number of ether oxygens (including phenoxy) is 2. The second-order valence-electron chi connectivity index (χ2n) is 7.12. The third-order valence-electron chi connectivity index (χ3n) is 4.98. The molecule has 0 aliphatic carbocycles. The lowest BCUT2D eigenvalue weighted by Gasteiger charge is -2.07. The number of carbonyl (C=O) groups is 1. The minimum absolute atomic E-state index is 0.104. The topological polar surface area (TPSA) is 117 Å². The average molecular weight is 481 g/mol. The van der Waals surface area contributed by atoms with Gasteiger partial charge in [-0.15, -0.1) is 10.2 Å². The molecule has 0 spiro atoms. The summed E-state index contributed by atoms with van der Waals surface area (Å²) in [6, 6.07) is 14.9. The lowest BCUT2D eigenvalue weighted by Crippen LogP contribution is -2.24. The third kappa shape index (κ3) is 5.37. The van der Waals surface area contributed by atoms with Crippen LogP contribution in [0.15, 0.2) is 58.2 Å². The number of aromatic nitrogens is 5. The van der Waals surface area contributed by atoms with E-state index in [0.717, 1.165) is 22.6 Å². The summed E-state index contributed by atoms with van der Waals surface area (Å²) in [6.45, 7) is 2.98. The summed E-state index contributed by atoms with van der Waals surface area (Å²) in [4.78, 5) is 16.8. The van der Waals surface area contributed by atoms with E-state index in [1.165, 1.54) is 11.8 Å². The van der Waals surface area contributed by atoms with Crippen LogP contribution in [0.3, 0.4) is 0 Å². The summed E-state index contributed by atoms with van der Waals surface area (Å²) in [7, 11) is 3.23. The predicted octanol–water partition coefficient (Wildman–Crippen LogP) is 3.44. The van der Waals surface area contributed by atoms with Crippen molar-refractivity contribution in [3.63, 3.8) is 0 Å². The number of thioether (sulfide) groups is 1. The summed E-state index contributed by atoms with van der Waals surface area (Å²) in [5.74, 6) is 2.77. The maximum Gasteiger partial charge on any atom is 0.296 e. The Morgan fingerprint density at radius 2 is 1.71 bits per heavy atom. The number of methoxy groups -OCH3 is 2. The highest BCUT2D eigenvalue weighted by Gasteiger charge is 2.20. The summed E-state index contributed by atoms with van der Waals surface area (Å²) >= 11 is 1.30. The van der Waals surface area contributed by atoms with Gasteiger partial charge in [0.05, 0.1) is 20.0 Å². The molecule has 1 amide bonds. The van der Waals surface area contributed by atoms with Crippen molar-refractivity contribution in [1.29, 1.82) is 0 Å². The number of nitrogens with zero attached hydrogens (tertiary/aromatic N) is 5. The van der Waals surface area contributed by atoms with E-state index in [1.807, 2.05) is 60.0 Å². The highest BCUT2D eigenvalue weighted by molar-refractivity contribution is 7.99. The normalized spacial score (nSPS) is 10.8. The fourth-order valence-corrected chi connectivity index (χ4v) is 3.97. The lowest BCUT2D eigenvalue weighted by molar-refractivity contribution is -0.118. The molecule has 4 aromatic rings. The van der Waals surface area contributed by atoms with Gasteiger partial charge in [0.15, 0.2) is 5.16 Å². The van der Waals surface area contributed by atoms with Gasteiger partial charge in [-0.1, -0.05) is 29.1 Å². The second kappa shape index (κ2) is 10.8. The van der Waals surface area contributed by atoms with Gasteiger partial charge in [0.2, 0.25) is 17.6 Å².